The third-order valence-electron chi connectivity index (χ3n) is 2.67. The Labute approximate surface area is 117 Å². The van der Waals surface area contributed by atoms with Crippen LogP contribution in [0.25, 0.3) is 0 Å². The summed E-state index contributed by atoms with van der Waals surface area (Å²) in [5.74, 6) is 1.77. The molecule has 0 aliphatic heterocycles. The number of Topliss-reactive ketones (excluding diaryl/α,β-unsaturated/α-hetero) is 1. The largest absolute Gasteiger partial charge is 0.457 e. The molecule has 0 N–H and O–H groups in total. The molecule has 0 atom stereocenters. The fraction of sp³-hybridized carbons (Fsp3) is 0.188. The van der Waals surface area contributed by atoms with Crippen LogP contribution in [0.4, 0.5) is 0 Å². The van der Waals surface area contributed by atoms with Crippen LogP contribution in [-0.4, -0.2) is 12.0 Å². The standard InChI is InChI=1S/C16H16O2S/c1-12(17)11-13-3-5-14(6-4-13)18-15-7-9-16(19-2)10-8-15/h3-10H,11H2,1-2H3. The van der Waals surface area contributed by atoms with Gasteiger partial charge in [0.05, 0.1) is 0 Å². The van der Waals surface area contributed by atoms with Crippen molar-refractivity contribution in [2.24, 2.45) is 0 Å². The first-order valence-corrected chi connectivity index (χ1v) is 7.30. The zero-order valence-corrected chi connectivity index (χ0v) is 11.9. The van der Waals surface area contributed by atoms with Crippen LogP contribution in [0.3, 0.4) is 0 Å². The summed E-state index contributed by atoms with van der Waals surface area (Å²) in [5, 5.41) is 0. The Morgan fingerprint density at radius 3 is 2.00 bits per heavy atom. The molecule has 0 radical (unpaired) electrons. The van der Waals surface area contributed by atoms with Gasteiger partial charge in [-0.15, -0.1) is 11.8 Å². The van der Waals surface area contributed by atoms with Gasteiger partial charge < -0.3 is 4.74 Å². The van der Waals surface area contributed by atoms with E-state index < -0.39 is 0 Å². The SMILES string of the molecule is CSc1ccc(Oc2ccc(CC(C)=O)cc2)cc1. The molecule has 19 heavy (non-hydrogen) atoms. The number of thioether (sulfide) groups is 1. The van der Waals surface area contributed by atoms with Gasteiger partial charge in [-0.05, 0) is 55.1 Å². The number of hydrogen-bond donors (Lipinski definition) is 0. The molecule has 0 aliphatic carbocycles. The van der Waals surface area contributed by atoms with Gasteiger partial charge >= 0.3 is 0 Å². The zero-order valence-electron chi connectivity index (χ0n) is 11.1. The second-order valence-corrected chi connectivity index (χ2v) is 5.18. The molecule has 0 fully saturated rings. The molecule has 0 saturated carbocycles. The predicted molar refractivity (Wildman–Crippen MR) is 79.1 cm³/mol. The minimum atomic E-state index is 0.168. The summed E-state index contributed by atoms with van der Waals surface area (Å²) in [6.45, 7) is 1.59. The van der Waals surface area contributed by atoms with E-state index in [1.165, 1.54) is 4.90 Å². The number of carbonyl (C=O) groups excluding carboxylic acids is 1. The van der Waals surface area contributed by atoms with Crippen molar-refractivity contribution in [1.29, 1.82) is 0 Å². The molecule has 0 spiro atoms. The van der Waals surface area contributed by atoms with E-state index in [1.807, 2.05) is 54.8 Å². The van der Waals surface area contributed by atoms with Gasteiger partial charge in [0.15, 0.2) is 0 Å². The third-order valence-corrected chi connectivity index (χ3v) is 3.42. The summed E-state index contributed by atoms with van der Waals surface area (Å²) in [4.78, 5) is 12.2. The number of hydrogen-bond acceptors (Lipinski definition) is 3. The van der Waals surface area contributed by atoms with Crippen LogP contribution in [0, 0.1) is 0 Å². The summed E-state index contributed by atoms with van der Waals surface area (Å²) in [6, 6.07) is 15.6. The van der Waals surface area contributed by atoms with Crippen molar-refractivity contribution in [3.63, 3.8) is 0 Å². The highest BCUT2D eigenvalue weighted by Gasteiger charge is 2.00. The molecule has 2 rings (SSSR count). The normalized spacial score (nSPS) is 10.2. The highest BCUT2D eigenvalue weighted by Crippen LogP contribution is 2.24. The van der Waals surface area contributed by atoms with Crippen LogP contribution in [0.5, 0.6) is 11.5 Å². The Morgan fingerprint density at radius 1 is 1.00 bits per heavy atom. The molecule has 0 unspecified atom stereocenters. The van der Waals surface area contributed by atoms with Crippen molar-refractivity contribution in [3.8, 4) is 11.5 Å². The lowest BCUT2D eigenvalue weighted by Crippen LogP contribution is -1.95. The van der Waals surface area contributed by atoms with E-state index in [9.17, 15) is 4.79 Å². The van der Waals surface area contributed by atoms with Crippen LogP contribution in [0.1, 0.15) is 12.5 Å². The topological polar surface area (TPSA) is 26.3 Å². The first-order valence-electron chi connectivity index (χ1n) is 6.07. The lowest BCUT2D eigenvalue weighted by molar-refractivity contribution is -0.116. The molecule has 2 aromatic carbocycles. The molecule has 2 nitrogen and oxygen atoms in total. The monoisotopic (exact) mass is 272 g/mol. The minimum Gasteiger partial charge on any atom is -0.457 e. The van der Waals surface area contributed by atoms with Crippen molar-refractivity contribution in [2.75, 3.05) is 6.26 Å². The lowest BCUT2D eigenvalue weighted by Gasteiger charge is -2.07. The van der Waals surface area contributed by atoms with Crippen LogP contribution in [0.2, 0.25) is 0 Å². The van der Waals surface area contributed by atoms with Gasteiger partial charge in [0.1, 0.15) is 17.3 Å². The Kier molecular flexibility index (Phi) is 4.63. The lowest BCUT2D eigenvalue weighted by atomic mass is 10.1. The molecular formula is C16H16O2S. The number of benzene rings is 2. The van der Waals surface area contributed by atoms with Gasteiger partial charge in [-0.1, -0.05) is 12.1 Å². The maximum atomic E-state index is 11.0. The highest BCUT2D eigenvalue weighted by molar-refractivity contribution is 7.98. The molecule has 0 aliphatic rings. The van der Waals surface area contributed by atoms with Crippen molar-refractivity contribution in [1.82, 2.24) is 0 Å². The first-order chi connectivity index (χ1) is 9.17. The average Bonchev–Trinajstić information content (AvgIpc) is 2.41. The summed E-state index contributed by atoms with van der Waals surface area (Å²) >= 11 is 1.70. The molecule has 0 heterocycles. The van der Waals surface area contributed by atoms with E-state index in [2.05, 4.69) is 0 Å². The summed E-state index contributed by atoms with van der Waals surface area (Å²) in [7, 11) is 0. The molecule has 3 heteroatoms. The van der Waals surface area contributed by atoms with Crippen LogP contribution < -0.4 is 4.74 Å². The maximum absolute atomic E-state index is 11.0. The Hall–Kier alpha value is -1.74. The second-order valence-electron chi connectivity index (χ2n) is 4.30. The van der Waals surface area contributed by atoms with E-state index >= 15 is 0 Å². The van der Waals surface area contributed by atoms with Crippen LogP contribution in [0.15, 0.2) is 53.4 Å². The van der Waals surface area contributed by atoms with Crippen molar-refractivity contribution in [3.05, 3.63) is 54.1 Å². The van der Waals surface area contributed by atoms with Gasteiger partial charge in [-0.3, -0.25) is 4.79 Å². The maximum Gasteiger partial charge on any atom is 0.134 e. The third kappa shape index (κ3) is 4.14. The fourth-order valence-electron chi connectivity index (χ4n) is 1.74. The quantitative estimate of drug-likeness (QED) is 0.758. The van der Waals surface area contributed by atoms with E-state index in [4.69, 9.17) is 4.74 Å². The summed E-state index contributed by atoms with van der Waals surface area (Å²) < 4.78 is 5.74. The van der Waals surface area contributed by atoms with Gasteiger partial charge in [0, 0.05) is 11.3 Å². The van der Waals surface area contributed by atoms with E-state index in [-0.39, 0.29) is 5.78 Å². The molecule has 2 aromatic rings. The number of carbonyl (C=O) groups is 1. The second kappa shape index (κ2) is 6.43. The Balaban J connectivity index is 2.04. The first kappa shape index (κ1) is 13.7. The van der Waals surface area contributed by atoms with E-state index in [0.29, 0.717) is 6.42 Å². The van der Waals surface area contributed by atoms with Gasteiger partial charge in [0.2, 0.25) is 0 Å². The number of ether oxygens (including phenoxy) is 1. The summed E-state index contributed by atoms with van der Waals surface area (Å²) in [6.07, 6.45) is 2.52. The van der Waals surface area contributed by atoms with Crippen molar-refractivity contribution >= 4 is 17.5 Å². The predicted octanol–water partition coefficient (Wildman–Crippen LogP) is 4.33. The highest BCUT2D eigenvalue weighted by atomic mass is 32.2. The molecule has 0 aromatic heterocycles. The van der Waals surface area contributed by atoms with Gasteiger partial charge in [0.25, 0.3) is 0 Å². The Bertz CT molecular complexity index is 544. The number of rotatable bonds is 5. The van der Waals surface area contributed by atoms with Crippen LogP contribution >= 0.6 is 11.8 Å². The van der Waals surface area contributed by atoms with Crippen LogP contribution in [-0.2, 0) is 11.2 Å². The zero-order chi connectivity index (χ0) is 13.7. The minimum absolute atomic E-state index is 0.168. The molecule has 0 amide bonds. The van der Waals surface area contributed by atoms with Gasteiger partial charge in [-0.2, -0.15) is 0 Å². The molecular weight excluding hydrogens is 256 g/mol. The fourth-order valence-corrected chi connectivity index (χ4v) is 2.15. The van der Waals surface area contributed by atoms with E-state index in [1.54, 1.807) is 18.7 Å². The Morgan fingerprint density at radius 2 is 1.53 bits per heavy atom. The smallest absolute Gasteiger partial charge is 0.134 e. The molecule has 98 valence electrons. The number of ketones is 1. The van der Waals surface area contributed by atoms with Crippen molar-refractivity contribution < 1.29 is 9.53 Å². The van der Waals surface area contributed by atoms with E-state index in [0.717, 1.165) is 17.1 Å². The molecule has 0 bridgehead atoms. The summed E-state index contributed by atoms with van der Waals surface area (Å²) in [5.41, 5.74) is 1.01. The average molecular weight is 272 g/mol. The van der Waals surface area contributed by atoms with Gasteiger partial charge in [-0.25, -0.2) is 0 Å². The van der Waals surface area contributed by atoms with Crippen molar-refractivity contribution in [2.45, 2.75) is 18.2 Å². The molecule has 0 saturated heterocycles.